The predicted molar refractivity (Wildman–Crippen MR) is 21.2 cm³/mol. The summed E-state index contributed by atoms with van der Waals surface area (Å²) in [6.07, 6.45) is 0. The number of hydrogen-bond acceptors (Lipinski definition) is 3. The van der Waals surface area contributed by atoms with Gasteiger partial charge < -0.3 is 10.8 Å². The highest BCUT2D eigenvalue weighted by molar-refractivity contribution is 5.76. The summed E-state index contributed by atoms with van der Waals surface area (Å²) in [5, 5.41) is 15.6. The number of carboxylic acids is 1. The molecule has 0 radical (unpaired) electrons. The van der Waals surface area contributed by atoms with Gasteiger partial charge in [-0.15, -0.1) is 0 Å². The number of hydrogen-bond donors (Lipinski definition) is 2. The van der Waals surface area contributed by atoms with Crippen LogP contribution in [0.25, 0.3) is 0 Å². The Hall–Kier alpha value is -1.08. The highest BCUT2D eigenvalue weighted by Crippen LogP contribution is 1.69. The van der Waals surface area contributed by atoms with Crippen LogP contribution in [0.4, 0.5) is 0 Å². The molecule has 0 amide bonds. The molecule has 0 unspecified atom stereocenters. The Morgan fingerprint density at radius 3 is 2.43 bits per heavy atom. The lowest BCUT2D eigenvalue weighted by molar-refractivity contribution is -0.137. The van der Waals surface area contributed by atoms with Crippen molar-refractivity contribution in [3.63, 3.8) is 0 Å². The Morgan fingerprint density at radius 1 is 2.00 bits per heavy atom. The number of rotatable bonds is 1. The van der Waals surface area contributed by atoms with Gasteiger partial charge in [0.25, 0.3) is 0 Å². The van der Waals surface area contributed by atoms with E-state index in [-0.39, 0.29) is 0 Å². The van der Waals surface area contributed by atoms with E-state index in [1.807, 2.05) is 0 Å². The number of nitriles is 1. The van der Waals surface area contributed by atoms with Crippen molar-refractivity contribution in [2.45, 2.75) is 6.04 Å². The van der Waals surface area contributed by atoms with Crippen LogP contribution in [-0.4, -0.2) is 17.1 Å². The first-order valence-electron chi connectivity index (χ1n) is 1.56. The maximum Gasteiger partial charge on any atom is 0.335 e. The summed E-state index contributed by atoms with van der Waals surface area (Å²) in [6, 6.07) is -0.0324. The molecule has 0 aromatic carbocycles. The molecule has 0 fully saturated rings. The molecular formula is C3H4N2O2. The van der Waals surface area contributed by atoms with E-state index in [4.69, 9.17) is 10.4 Å². The zero-order valence-corrected chi connectivity index (χ0v) is 3.46. The molecule has 3 N–H and O–H groups in total. The third kappa shape index (κ3) is 1.73. The molecule has 0 aliphatic carbocycles. The highest BCUT2D eigenvalue weighted by Gasteiger charge is 2.06. The summed E-state index contributed by atoms with van der Waals surface area (Å²) < 4.78 is 0. The fourth-order valence-electron chi connectivity index (χ4n) is 0.0552. The number of aliphatic carboxylic acids is 1. The Morgan fingerprint density at radius 2 is 2.43 bits per heavy atom. The van der Waals surface area contributed by atoms with Crippen LogP contribution in [0, 0.1) is 11.3 Å². The van der Waals surface area contributed by atoms with Crippen molar-refractivity contribution in [1.29, 1.82) is 5.26 Å². The molecule has 0 aromatic heterocycles. The van der Waals surface area contributed by atoms with Gasteiger partial charge in [0.1, 0.15) is 0 Å². The lowest BCUT2D eigenvalue weighted by Crippen LogP contribution is -2.27. The standard InChI is InChI=1S/C3H4N2O2/c4-1-2(5)3(6)7/h2H,5H2,(H,6,7)/t2-/m0/s1. The molecule has 0 rings (SSSR count). The summed E-state index contributed by atoms with van der Waals surface area (Å²) in [7, 11) is 0. The van der Waals surface area contributed by atoms with Gasteiger partial charge in [-0.25, -0.2) is 4.79 Å². The summed E-state index contributed by atoms with van der Waals surface area (Å²) in [6.45, 7) is 0. The molecule has 38 valence electrons. The zero-order valence-electron chi connectivity index (χ0n) is 3.46. The molecule has 0 saturated carbocycles. The average molecular weight is 100 g/mol. The minimum absolute atomic E-state index is 1.29. The van der Waals surface area contributed by atoms with Crippen LogP contribution in [0.15, 0.2) is 0 Å². The molecule has 0 aliphatic rings. The molecule has 7 heavy (non-hydrogen) atoms. The van der Waals surface area contributed by atoms with Gasteiger partial charge in [0, 0.05) is 0 Å². The van der Waals surface area contributed by atoms with E-state index in [1.165, 1.54) is 6.07 Å². The molecule has 0 bridgehead atoms. The van der Waals surface area contributed by atoms with E-state index in [1.54, 1.807) is 0 Å². The summed E-state index contributed by atoms with van der Waals surface area (Å²) in [5.41, 5.74) is 4.66. The number of nitrogens with two attached hydrogens (primary N) is 1. The van der Waals surface area contributed by atoms with E-state index < -0.39 is 12.0 Å². The van der Waals surface area contributed by atoms with Crippen LogP contribution in [-0.2, 0) is 4.79 Å². The maximum absolute atomic E-state index is 9.58. The van der Waals surface area contributed by atoms with Gasteiger partial charge in [-0.3, -0.25) is 0 Å². The molecule has 0 spiro atoms. The van der Waals surface area contributed by atoms with Crippen molar-refractivity contribution >= 4 is 5.97 Å². The molecular weight excluding hydrogens is 96.0 g/mol. The number of carbonyl (C=O) groups is 1. The summed E-state index contributed by atoms with van der Waals surface area (Å²) >= 11 is 0. The summed E-state index contributed by atoms with van der Waals surface area (Å²) in [5.74, 6) is -1.29. The molecule has 1 atom stereocenters. The Balaban J connectivity index is 3.63. The van der Waals surface area contributed by atoms with Crippen molar-refractivity contribution in [1.82, 2.24) is 0 Å². The van der Waals surface area contributed by atoms with Crippen LogP contribution in [0.3, 0.4) is 0 Å². The second-order valence-electron chi connectivity index (χ2n) is 0.945. The highest BCUT2D eigenvalue weighted by atomic mass is 16.4. The smallest absolute Gasteiger partial charge is 0.335 e. The van der Waals surface area contributed by atoms with Crippen LogP contribution in [0.2, 0.25) is 0 Å². The van der Waals surface area contributed by atoms with Crippen LogP contribution in [0.1, 0.15) is 0 Å². The van der Waals surface area contributed by atoms with Crippen LogP contribution < -0.4 is 5.73 Å². The first-order chi connectivity index (χ1) is 3.18. The second kappa shape index (κ2) is 2.16. The Bertz CT molecular complexity index is 115. The quantitative estimate of drug-likeness (QED) is 0.438. The molecule has 0 aliphatic heterocycles. The van der Waals surface area contributed by atoms with E-state index >= 15 is 0 Å². The van der Waals surface area contributed by atoms with E-state index in [9.17, 15) is 4.79 Å². The Labute approximate surface area is 40.2 Å². The third-order valence-corrected chi connectivity index (χ3v) is 0.405. The van der Waals surface area contributed by atoms with E-state index in [2.05, 4.69) is 5.73 Å². The van der Waals surface area contributed by atoms with Crippen molar-refractivity contribution in [2.75, 3.05) is 0 Å². The minimum atomic E-state index is -1.38. The fraction of sp³-hybridized carbons (Fsp3) is 0.333. The van der Waals surface area contributed by atoms with Gasteiger partial charge in [0.15, 0.2) is 6.04 Å². The normalized spacial score (nSPS) is 12.0. The van der Waals surface area contributed by atoms with Gasteiger partial charge in [0.05, 0.1) is 6.07 Å². The zero-order chi connectivity index (χ0) is 5.86. The van der Waals surface area contributed by atoms with Gasteiger partial charge in [0.2, 0.25) is 0 Å². The summed E-state index contributed by atoms with van der Waals surface area (Å²) in [4.78, 5) is 9.58. The largest absolute Gasteiger partial charge is 0.479 e. The minimum Gasteiger partial charge on any atom is -0.479 e. The fourth-order valence-corrected chi connectivity index (χ4v) is 0.0552. The molecule has 0 saturated heterocycles. The van der Waals surface area contributed by atoms with Gasteiger partial charge in [-0.2, -0.15) is 5.26 Å². The first-order valence-corrected chi connectivity index (χ1v) is 1.56. The van der Waals surface area contributed by atoms with Crippen LogP contribution >= 0.6 is 0 Å². The number of nitrogens with zero attached hydrogens (tertiary/aromatic N) is 1. The van der Waals surface area contributed by atoms with Gasteiger partial charge in [-0.1, -0.05) is 0 Å². The van der Waals surface area contributed by atoms with Gasteiger partial charge in [-0.05, 0) is 0 Å². The molecule has 4 nitrogen and oxygen atoms in total. The molecule has 0 aromatic rings. The lowest BCUT2D eigenvalue weighted by atomic mass is 10.4. The van der Waals surface area contributed by atoms with Crippen LogP contribution in [0.5, 0.6) is 0 Å². The Kier molecular flexibility index (Phi) is 1.82. The third-order valence-electron chi connectivity index (χ3n) is 0.405. The van der Waals surface area contributed by atoms with Crippen molar-refractivity contribution < 1.29 is 9.90 Å². The first kappa shape index (κ1) is 5.92. The van der Waals surface area contributed by atoms with Crippen molar-refractivity contribution in [3.8, 4) is 6.07 Å². The van der Waals surface area contributed by atoms with E-state index in [0.717, 1.165) is 0 Å². The second-order valence-corrected chi connectivity index (χ2v) is 0.945. The number of carboxylic acid groups (broad SMARTS) is 1. The lowest BCUT2D eigenvalue weighted by Gasteiger charge is -1.87. The maximum atomic E-state index is 9.58. The molecule has 0 heterocycles. The predicted octanol–water partition coefficient (Wildman–Crippen LogP) is -1.08. The van der Waals surface area contributed by atoms with Gasteiger partial charge >= 0.3 is 5.97 Å². The monoisotopic (exact) mass is 100 g/mol. The average Bonchev–Trinajstić information content (AvgIpc) is 1.65. The molecule has 4 heteroatoms. The van der Waals surface area contributed by atoms with E-state index in [0.29, 0.717) is 0 Å². The topological polar surface area (TPSA) is 87.1 Å². The van der Waals surface area contributed by atoms with Crippen molar-refractivity contribution in [2.24, 2.45) is 5.73 Å². The van der Waals surface area contributed by atoms with Crippen molar-refractivity contribution in [3.05, 3.63) is 0 Å². The SMILES string of the molecule is N#C[C@H](N)C(=O)O.